The zero-order chi connectivity index (χ0) is 20.8. The first-order valence-corrected chi connectivity index (χ1v) is 11.0. The summed E-state index contributed by atoms with van der Waals surface area (Å²) in [5.74, 6) is 0.574. The Balaban J connectivity index is 1.17. The summed E-state index contributed by atoms with van der Waals surface area (Å²) in [6.07, 6.45) is 6.01. The summed E-state index contributed by atoms with van der Waals surface area (Å²) >= 11 is 0. The van der Waals surface area contributed by atoms with Gasteiger partial charge in [0.15, 0.2) is 12.4 Å². The van der Waals surface area contributed by atoms with E-state index >= 15 is 0 Å². The number of ketones is 1. The van der Waals surface area contributed by atoms with Gasteiger partial charge in [0.1, 0.15) is 0 Å². The zero-order valence-electron chi connectivity index (χ0n) is 17.2. The van der Waals surface area contributed by atoms with Crippen LogP contribution in [-0.4, -0.2) is 29.1 Å². The number of rotatable bonds is 6. The van der Waals surface area contributed by atoms with Crippen LogP contribution in [0.4, 0.5) is 0 Å². The molecule has 4 fully saturated rings. The Labute approximate surface area is 177 Å². The van der Waals surface area contributed by atoms with Crippen LogP contribution in [0.5, 0.6) is 0 Å². The SMILES string of the molecule is O=C(CC12C[C@@H]3C[C@@H](CC(O)(C3)C1)C2)OCC(=O)c1ccc(-c2ccccc2)cc1. The van der Waals surface area contributed by atoms with E-state index in [1.807, 2.05) is 42.5 Å². The number of carbonyl (C=O) groups excluding carboxylic acids is 2. The fourth-order valence-electron chi connectivity index (χ4n) is 6.67. The predicted molar refractivity (Wildman–Crippen MR) is 114 cm³/mol. The predicted octanol–water partition coefficient (Wildman–Crippen LogP) is 4.80. The van der Waals surface area contributed by atoms with Gasteiger partial charge < -0.3 is 9.84 Å². The summed E-state index contributed by atoms with van der Waals surface area (Å²) in [7, 11) is 0. The lowest BCUT2D eigenvalue weighted by Gasteiger charge is -2.60. The molecule has 0 heterocycles. The van der Waals surface area contributed by atoms with Gasteiger partial charge in [0, 0.05) is 5.56 Å². The standard InChI is InChI=1S/C26H28O4/c27-23(22-8-6-21(7-9-22)20-4-2-1-3-5-20)16-30-24(28)15-25-11-18-10-19(12-25)14-26(29,13-18)17-25/h1-9,18-19,29H,10-17H2/t18-,19+,25?,26?. The Kier molecular flexibility index (Phi) is 4.78. The molecule has 2 unspecified atom stereocenters. The molecule has 2 aromatic carbocycles. The summed E-state index contributed by atoms with van der Waals surface area (Å²) in [4.78, 5) is 25.0. The van der Waals surface area contributed by atoms with Gasteiger partial charge in [-0.15, -0.1) is 0 Å². The largest absolute Gasteiger partial charge is 0.457 e. The maximum Gasteiger partial charge on any atom is 0.306 e. The Hall–Kier alpha value is -2.46. The number of hydrogen-bond donors (Lipinski definition) is 1. The number of hydrogen-bond acceptors (Lipinski definition) is 4. The molecule has 4 aliphatic carbocycles. The minimum absolute atomic E-state index is 0.129. The van der Waals surface area contributed by atoms with Crippen molar-refractivity contribution in [3.8, 4) is 11.1 Å². The second-order valence-corrected chi connectivity index (χ2v) is 9.89. The quantitative estimate of drug-likeness (QED) is 0.555. The van der Waals surface area contributed by atoms with Gasteiger partial charge in [-0.2, -0.15) is 0 Å². The second kappa shape index (κ2) is 7.35. The molecular weight excluding hydrogens is 376 g/mol. The molecular formula is C26H28O4. The minimum atomic E-state index is -0.583. The van der Waals surface area contributed by atoms with E-state index in [0.29, 0.717) is 30.2 Å². The molecule has 0 saturated heterocycles. The molecule has 0 spiro atoms. The van der Waals surface area contributed by atoms with Crippen molar-refractivity contribution in [2.24, 2.45) is 17.3 Å². The third-order valence-corrected chi connectivity index (χ3v) is 7.35. The van der Waals surface area contributed by atoms with E-state index < -0.39 is 5.60 Å². The molecule has 0 aliphatic heterocycles. The smallest absolute Gasteiger partial charge is 0.306 e. The molecule has 4 heteroatoms. The highest BCUT2D eigenvalue weighted by Gasteiger charge is 2.57. The van der Waals surface area contributed by atoms with Crippen LogP contribution >= 0.6 is 0 Å². The minimum Gasteiger partial charge on any atom is -0.457 e. The molecule has 30 heavy (non-hydrogen) atoms. The Morgan fingerprint density at radius 2 is 1.53 bits per heavy atom. The van der Waals surface area contributed by atoms with Crippen molar-refractivity contribution in [2.75, 3.05) is 6.61 Å². The van der Waals surface area contributed by atoms with E-state index in [9.17, 15) is 14.7 Å². The first-order valence-electron chi connectivity index (χ1n) is 11.0. The van der Waals surface area contributed by atoms with Gasteiger partial charge in [-0.3, -0.25) is 9.59 Å². The van der Waals surface area contributed by atoms with Crippen LogP contribution in [-0.2, 0) is 9.53 Å². The molecule has 4 aliphatic rings. The van der Waals surface area contributed by atoms with Gasteiger partial charge in [0.05, 0.1) is 12.0 Å². The Morgan fingerprint density at radius 1 is 0.900 bits per heavy atom. The normalized spacial score (nSPS) is 31.5. The topological polar surface area (TPSA) is 63.6 Å². The molecule has 6 rings (SSSR count). The van der Waals surface area contributed by atoms with Crippen LogP contribution in [0.15, 0.2) is 54.6 Å². The number of Topliss-reactive ketones (excluding diaryl/α,β-unsaturated/α-hetero) is 1. The average molecular weight is 405 g/mol. The fraction of sp³-hybridized carbons (Fsp3) is 0.462. The second-order valence-electron chi connectivity index (χ2n) is 9.89. The molecule has 4 saturated carbocycles. The first-order chi connectivity index (χ1) is 14.4. The summed E-state index contributed by atoms with van der Waals surface area (Å²) in [6.45, 7) is -0.225. The number of ether oxygens (including phenoxy) is 1. The van der Waals surface area contributed by atoms with Gasteiger partial charge in [0.25, 0.3) is 0 Å². The number of benzene rings is 2. The van der Waals surface area contributed by atoms with Crippen molar-refractivity contribution in [2.45, 2.75) is 50.5 Å². The number of aliphatic hydroxyl groups is 1. The number of carbonyl (C=O) groups is 2. The van der Waals surface area contributed by atoms with Crippen LogP contribution in [0.25, 0.3) is 11.1 Å². The van der Waals surface area contributed by atoms with Crippen molar-refractivity contribution in [1.29, 1.82) is 0 Å². The van der Waals surface area contributed by atoms with Gasteiger partial charge in [-0.05, 0) is 66.9 Å². The summed E-state index contributed by atoms with van der Waals surface area (Å²) in [5.41, 5.74) is 1.98. The van der Waals surface area contributed by atoms with Crippen molar-refractivity contribution >= 4 is 11.8 Å². The molecule has 2 aromatic rings. The highest BCUT2D eigenvalue weighted by atomic mass is 16.5. The average Bonchev–Trinajstić information content (AvgIpc) is 2.70. The Bertz CT molecular complexity index is 933. The van der Waals surface area contributed by atoms with Crippen molar-refractivity contribution in [3.05, 3.63) is 60.2 Å². The number of esters is 1. The first kappa shape index (κ1) is 19.5. The summed E-state index contributed by atoms with van der Waals surface area (Å²) in [5, 5.41) is 10.8. The van der Waals surface area contributed by atoms with E-state index in [1.165, 1.54) is 6.42 Å². The van der Waals surface area contributed by atoms with E-state index in [0.717, 1.165) is 36.8 Å². The van der Waals surface area contributed by atoms with E-state index in [4.69, 9.17) is 4.74 Å². The van der Waals surface area contributed by atoms with Crippen molar-refractivity contribution in [1.82, 2.24) is 0 Å². The van der Waals surface area contributed by atoms with Gasteiger partial charge in [0.2, 0.25) is 0 Å². The van der Waals surface area contributed by atoms with Crippen LogP contribution in [0, 0.1) is 17.3 Å². The van der Waals surface area contributed by atoms with Gasteiger partial charge in [-0.25, -0.2) is 0 Å². The van der Waals surface area contributed by atoms with Gasteiger partial charge in [-0.1, -0.05) is 54.6 Å². The van der Waals surface area contributed by atoms with Crippen LogP contribution < -0.4 is 0 Å². The molecule has 4 bridgehead atoms. The lowest BCUT2D eigenvalue weighted by atomic mass is 9.47. The lowest BCUT2D eigenvalue weighted by Crippen LogP contribution is -2.56. The van der Waals surface area contributed by atoms with E-state index in [-0.39, 0.29) is 23.8 Å². The van der Waals surface area contributed by atoms with Gasteiger partial charge >= 0.3 is 5.97 Å². The highest BCUT2D eigenvalue weighted by Crippen LogP contribution is 2.62. The third-order valence-electron chi connectivity index (χ3n) is 7.35. The molecule has 4 nitrogen and oxygen atoms in total. The van der Waals surface area contributed by atoms with Crippen molar-refractivity contribution < 1.29 is 19.4 Å². The third kappa shape index (κ3) is 3.81. The highest BCUT2D eigenvalue weighted by molar-refractivity contribution is 5.98. The molecule has 0 radical (unpaired) electrons. The van der Waals surface area contributed by atoms with Crippen LogP contribution in [0.3, 0.4) is 0 Å². The Morgan fingerprint density at radius 3 is 2.17 bits per heavy atom. The summed E-state index contributed by atoms with van der Waals surface area (Å²) in [6, 6.07) is 17.4. The van der Waals surface area contributed by atoms with E-state index in [2.05, 4.69) is 0 Å². The van der Waals surface area contributed by atoms with Crippen LogP contribution in [0.2, 0.25) is 0 Å². The lowest BCUT2D eigenvalue weighted by molar-refractivity contribution is -0.176. The monoisotopic (exact) mass is 404 g/mol. The maximum atomic E-state index is 12.6. The molecule has 1 N–H and O–H groups in total. The van der Waals surface area contributed by atoms with Crippen molar-refractivity contribution in [3.63, 3.8) is 0 Å². The van der Waals surface area contributed by atoms with E-state index in [1.54, 1.807) is 12.1 Å². The molecule has 0 amide bonds. The zero-order valence-corrected chi connectivity index (χ0v) is 17.2. The van der Waals surface area contributed by atoms with Crippen LogP contribution in [0.1, 0.15) is 55.3 Å². The fourth-order valence-corrected chi connectivity index (χ4v) is 6.67. The maximum absolute atomic E-state index is 12.6. The molecule has 0 aromatic heterocycles. The summed E-state index contributed by atoms with van der Waals surface area (Å²) < 4.78 is 5.37. The molecule has 156 valence electrons. The molecule has 4 atom stereocenters.